The molecule has 0 aromatic heterocycles. The minimum atomic E-state index is -0.320. The monoisotopic (exact) mass is 250 g/mol. The van der Waals surface area contributed by atoms with Crippen LogP contribution in [-0.4, -0.2) is 36.8 Å². The van der Waals surface area contributed by atoms with E-state index in [4.69, 9.17) is 0 Å². The summed E-state index contributed by atoms with van der Waals surface area (Å²) in [6.07, 6.45) is 0.211. The molecule has 3 N–H and O–H groups in total. The Hall–Kier alpha value is -0.320. The quantitative estimate of drug-likeness (QED) is 0.685. The molecule has 96 valence electrons. The van der Waals surface area contributed by atoms with Crippen molar-refractivity contribution in [2.75, 3.05) is 19.6 Å². The Kier molecular flexibility index (Phi) is 6.30. The van der Waals surface area contributed by atoms with Crippen LogP contribution < -0.4 is 10.6 Å². The van der Waals surface area contributed by atoms with Crippen LogP contribution in [-0.2, 0) is 4.79 Å². The number of aliphatic hydroxyl groups is 1. The zero-order valence-electron chi connectivity index (χ0n) is 10.2. The van der Waals surface area contributed by atoms with Gasteiger partial charge >= 0.3 is 0 Å². The molecular formula is C11H23ClN2O2. The van der Waals surface area contributed by atoms with Gasteiger partial charge in [0.25, 0.3) is 0 Å². The molecule has 0 aromatic carbocycles. The minimum Gasteiger partial charge on any atom is -0.391 e. The molecule has 1 fully saturated rings. The summed E-state index contributed by atoms with van der Waals surface area (Å²) in [5.74, 6) is 0.232. The number of amides is 1. The number of halogens is 1. The number of carbonyl (C=O) groups is 1. The highest BCUT2D eigenvalue weighted by Crippen LogP contribution is 2.18. The normalized spacial score (nSPS) is 25.0. The van der Waals surface area contributed by atoms with Crippen molar-refractivity contribution in [3.8, 4) is 0 Å². The van der Waals surface area contributed by atoms with Gasteiger partial charge in [-0.15, -0.1) is 12.4 Å². The Balaban J connectivity index is 0.00000225. The third-order valence-corrected chi connectivity index (χ3v) is 2.56. The molecule has 1 amide bonds. The molecule has 1 rings (SSSR count). The van der Waals surface area contributed by atoms with E-state index in [-0.39, 0.29) is 35.8 Å². The third-order valence-electron chi connectivity index (χ3n) is 2.56. The molecule has 0 aromatic rings. The molecule has 1 aliphatic rings. The van der Waals surface area contributed by atoms with E-state index < -0.39 is 0 Å². The van der Waals surface area contributed by atoms with Crippen LogP contribution in [0.25, 0.3) is 0 Å². The fraction of sp³-hybridized carbons (Fsp3) is 0.909. The van der Waals surface area contributed by atoms with Gasteiger partial charge in [0.05, 0.1) is 6.10 Å². The van der Waals surface area contributed by atoms with E-state index in [1.807, 2.05) is 20.8 Å². The van der Waals surface area contributed by atoms with E-state index in [0.29, 0.717) is 19.5 Å². The van der Waals surface area contributed by atoms with Gasteiger partial charge < -0.3 is 15.7 Å². The maximum atomic E-state index is 11.5. The fourth-order valence-corrected chi connectivity index (χ4v) is 1.72. The smallest absolute Gasteiger partial charge is 0.220 e. The molecule has 1 aliphatic heterocycles. The molecule has 2 unspecified atom stereocenters. The highest BCUT2D eigenvalue weighted by Gasteiger charge is 2.25. The van der Waals surface area contributed by atoms with E-state index in [2.05, 4.69) is 10.6 Å². The fourth-order valence-electron chi connectivity index (χ4n) is 1.72. The lowest BCUT2D eigenvalue weighted by atomic mass is 9.92. The van der Waals surface area contributed by atoms with Gasteiger partial charge in [-0.25, -0.2) is 0 Å². The predicted molar refractivity (Wildman–Crippen MR) is 66.7 cm³/mol. The van der Waals surface area contributed by atoms with Crippen molar-refractivity contribution in [2.45, 2.75) is 33.3 Å². The van der Waals surface area contributed by atoms with Gasteiger partial charge in [-0.1, -0.05) is 20.8 Å². The van der Waals surface area contributed by atoms with Gasteiger partial charge in [-0.05, 0) is 5.41 Å². The highest BCUT2D eigenvalue weighted by atomic mass is 35.5. The average Bonchev–Trinajstić information content (AvgIpc) is 2.44. The molecule has 5 heteroatoms. The van der Waals surface area contributed by atoms with Crippen LogP contribution in [0.15, 0.2) is 0 Å². The maximum absolute atomic E-state index is 11.5. The third kappa shape index (κ3) is 5.68. The molecule has 0 aliphatic carbocycles. The lowest BCUT2D eigenvalue weighted by Gasteiger charge is -2.19. The van der Waals surface area contributed by atoms with E-state index in [0.717, 1.165) is 6.54 Å². The summed E-state index contributed by atoms with van der Waals surface area (Å²) in [6.45, 7) is 8.12. The lowest BCUT2D eigenvalue weighted by Crippen LogP contribution is -2.35. The predicted octanol–water partition coefficient (Wildman–Crippen LogP) is 0.541. The Bertz CT molecular complexity index is 229. The summed E-state index contributed by atoms with van der Waals surface area (Å²) >= 11 is 0. The van der Waals surface area contributed by atoms with Crippen LogP contribution in [0.1, 0.15) is 27.2 Å². The molecule has 16 heavy (non-hydrogen) atoms. The maximum Gasteiger partial charge on any atom is 0.220 e. The SMILES string of the molecule is CC(C)(C)CC(=O)NCC1CNCC1O.Cl. The Morgan fingerprint density at radius 1 is 1.44 bits per heavy atom. The number of β-amino-alcohol motifs (C(OH)–C–C–N with tert-alkyl or cyclic N) is 1. The van der Waals surface area contributed by atoms with Crippen LogP contribution >= 0.6 is 12.4 Å². The summed E-state index contributed by atoms with van der Waals surface area (Å²) in [5, 5.41) is 15.5. The molecule has 0 bridgehead atoms. The first-order chi connectivity index (χ1) is 6.88. The van der Waals surface area contributed by atoms with Crippen molar-refractivity contribution in [1.82, 2.24) is 10.6 Å². The lowest BCUT2D eigenvalue weighted by molar-refractivity contribution is -0.123. The van der Waals surface area contributed by atoms with Crippen LogP contribution in [0.5, 0.6) is 0 Å². The molecule has 1 saturated heterocycles. The Morgan fingerprint density at radius 3 is 2.50 bits per heavy atom. The first-order valence-electron chi connectivity index (χ1n) is 5.54. The first-order valence-corrected chi connectivity index (χ1v) is 5.54. The summed E-state index contributed by atoms with van der Waals surface area (Å²) in [5.41, 5.74) is 0.0244. The van der Waals surface area contributed by atoms with Gasteiger partial charge in [0.1, 0.15) is 0 Å². The molecule has 0 radical (unpaired) electrons. The van der Waals surface area contributed by atoms with Gasteiger partial charge in [0.15, 0.2) is 0 Å². The highest BCUT2D eigenvalue weighted by molar-refractivity contribution is 5.85. The molecule has 0 spiro atoms. The van der Waals surface area contributed by atoms with Gasteiger partial charge in [0, 0.05) is 32.0 Å². The van der Waals surface area contributed by atoms with Crippen molar-refractivity contribution in [1.29, 1.82) is 0 Å². The van der Waals surface area contributed by atoms with Crippen molar-refractivity contribution >= 4 is 18.3 Å². The van der Waals surface area contributed by atoms with Gasteiger partial charge in [-0.3, -0.25) is 4.79 Å². The van der Waals surface area contributed by atoms with Crippen molar-refractivity contribution < 1.29 is 9.90 Å². The summed E-state index contributed by atoms with van der Waals surface area (Å²) in [7, 11) is 0. The van der Waals surface area contributed by atoms with Crippen molar-refractivity contribution in [2.24, 2.45) is 11.3 Å². The summed E-state index contributed by atoms with van der Waals surface area (Å²) < 4.78 is 0. The number of hydrogen-bond acceptors (Lipinski definition) is 3. The molecular weight excluding hydrogens is 228 g/mol. The standard InChI is InChI=1S/C11H22N2O2.ClH/c1-11(2,3)4-10(15)13-6-8-5-12-7-9(8)14;/h8-9,12,14H,4-7H2,1-3H3,(H,13,15);1H. The molecule has 4 nitrogen and oxygen atoms in total. The van der Waals surface area contributed by atoms with Gasteiger partial charge in [0.2, 0.25) is 5.91 Å². The number of hydrogen-bond donors (Lipinski definition) is 3. The number of carbonyl (C=O) groups excluding carboxylic acids is 1. The molecule has 0 saturated carbocycles. The van der Waals surface area contributed by atoms with Crippen molar-refractivity contribution in [3.05, 3.63) is 0 Å². The average molecular weight is 251 g/mol. The summed E-state index contributed by atoms with van der Waals surface area (Å²) in [6, 6.07) is 0. The van der Waals surface area contributed by atoms with Gasteiger partial charge in [-0.2, -0.15) is 0 Å². The first kappa shape index (κ1) is 15.7. The van der Waals surface area contributed by atoms with E-state index in [1.54, 1.807) is 0 Å². The Morgan fingerprint density at radius 2 is 2.06 bits per heavy atom. The Labute approximate surface area is 104 Å². The summed E-state index contributed by atoms with van der Waals surface area (Å²) in [4.78, 5) is 11.5. The van der Waals surface area contributed by atoms with Crippen LogP contribution in [0.4, 0.5) is 0 Å². The van der Waals surface area contributed by atoms with Crippen LogP contribution in [0, 0.1) is 11.3 Å². The topological polar surface area (TPSA) is 61.4 Å². The largest absolute Gasteiger partial charge is 0.391 e. The van der Waals surface area contributed by atoms with Crippen LogP contribution in [0.3, 0.4) is 0 Å². The number of aliphatic hydroxyl groups excluding tert-OH is 1. The minimum absolute atomic E-state index is 0. The van der Waals surface area contributed by atoms with E-state index in [9.17, 15) is 9.90 Å². The zero-order valence-corrected chi connectivity index (χ0v) is 11.1. The molecule has 1 heterocycles. The number of nitrogens with one attached hydrogen (secondary N) is 2. The zero-order chi connectivity index (χ0) is 11.5. The number of rotatable bonds is 3. The van der Waals surface area contributed by atoms with Crippen LogP contribution in [0.2, 0.25) is 0 Å². The van der Waals surface area contributed by atoms with E-state index in [1.165, 1.54) is 0 Å². The molecule has 2 atom stereocenters. The second-order valence-corrected chi connectivity index (χ2v) is 5.53. The second kappa shape index (κ2) is 6.42. The second-order valence-electron chi connectivity index (χ2n) is 5.53. The van der Waals surface area contributed by atoms with E-state index >= 15 is 0 Å². The van der Waals surface area contributed by atoms with Crippen molar-refractivity contribution in [3.63, 3.8) is 0 Å².